The SMILES string of the molecule is Cc1cccc2[nH]c(COCC(=O)N(C)C[C@H]3COCCO3)nc12. The number of ether oxygens (including phenoxy) is 3. The molecule has 2 aromatic rings. The largest absolute Gasteiger partial charge is 0.376 e. The third kappa shape index (κ3) is 4.11. The number of hydrogen-bond acceptors (Lipinski definition) is 5. The van der Waals surface area contributed by atoms with Crippen LogP contribution in [0.1, 0.15) is 11.4 Å². The van der Waals surface area contributed by atoms with Gasteiger partial charge in [0, 0.05) is 13.6 Å². The maximum absolute atomic E-state index is 12.1. The standard InChI is InChI=1S/C17H23N3O4/c1-12-4-3-5-14-17(12)19-15(18-14)10-23-11-16(21)20(2)8-13-9-22-6-7-24-13/h3-5,13H,6-11H2,1-2H3,(H,18,19)/t13-/m0/s1. The van der Waals surface area contributed by atoms with Crippen LogP contribution in [0.4, 0.5) is 0 Å². The minimum atomic E-state index is -0.0866. The van der Waals surface area contributed by atoms with Crippen LogP contribution >= 0.6 is 0 Å². The van der Waals surface area contributed by atoms with Crippen molar-refractivity contribution in [1.82, 2.24) is 14.9 Å². The zero-order chi connectivity index (χ0) is 16.9. The molecule has 1 aliphatic rings. The van der Waals surface area contributed by atoms with E-state index in [1.807, 2.05) is 25.1 Å². The van der Waals surface area contributed by atoms with E-state index in [0.29, 0.717) is 26.4 Å². The first-order valence-corrected chi connectivity index (χ1v) is 8.09. The summed E-state index contributed by atoms with van der Waals surface area (Å²) in [6, 6.07) is 5.98. The van der Waals surface area contributed by atoms with Gasteiger partial charge in [-0.05, 0) is 18.6 Å². The molecule has 3 rings (SSSR count). The van der Waals surface area contributed by atoms with Gasteiger partial charge in [0.25, 0.3) is 0 Å². The second kappa shape index (κ2) is 7.74. The normalized spacial score (nSPS) is 18.0. The fraction of sp³-hybridized carbons (Fsp3) is 0.529. The molecule has 1 aromatic heterocycles. The quantitative estimate of drug-likeness (QED) is 0.861. The summed E-state index contributed by atoms with van der Waals surface area (Å²) in [6.45, 7) is 4.53. The first kappa shape index (κ1) is 16.9. The number of aromatic amines is 1. The lowest BCUT2D eigenvalue weighted by Gasteiger charge is -2.27. The van der Waals surface area contributed by atoms with Gasteiger partial charge in [0.05, 0.1) is 37.0 Å². The van der Waals surface area contributed by atoms with Gasteiger partial charge >= 0.3 is 0 Å². The van der Waals surface area contributed by atoms with Crippen molar-refractivity contribution in [2.45, 2.75) is 19.6 Å². The number of para-hydroxylation sites is 1. The topological polar surface area (TPSA) is 76.7 Å². The van der Waals surface area contributed by atoms with Crippen molar-refractivity contribution >= 4 is 16.9 Å². The molecule has 0 aliphatic carbocycles. The number of H-pyrrole nitrogens is 1. The van der Waals surface area contributed by atoms with E-state index in [9.17, 15) is 4.79 Å². The second-order valence-electron chi connectivity index (χ2n) is 5.99. The Morgan fingerprint density at radius 2 is 2.33 bits per heavy atom. The minimum absolute atomic E-state index is 0.0140. The van der Waals surface area contributed by atoms with Gasteiger partial charge in [-0.3, -0.25) is 4.79 Å². The Morgan fingerprint density at radius 1 is 1.46 bits per heavy atom. The van der Waals surface area contributed by atoms with Gasteiger partial charge in [-0.15, -0.1) is 0 Å². The highest BCUT2D eigenvalue weighted by molar-refractivity contribution is 5.78. The molecular weight excluding hydrogens is 310 g/mol. The molecule has 1 aromatic carbocycles. The van der Waals surface area contributed by atoms with Crippen LogP contribution < -0.4 is 0 Å². The monoisotopic (exact) mass is 333 g/mol. The molecule has 7 nitrogen and oxygen atoms in total. The summed E-state index contributed by atoms with van der Waals surface area (Å²) in [6.07, 6.45) is -0.0638. The minimum Gasteiger partial charge on any atom is -0.376 e. The van der Waals surface area contributed by atoms with E-state index in [1.54, 1.807) is 11.9 Å². The number of benzene rings is 1. The zero-order valence-corrected chi connectivity index (χ0v) is 14.1. The summed E-state index contributed by atoms with van der Waals surface area (Å²) in [5.41, 5.74) is 3.03. The van der Waals surface area contributed by atoms with E-state index in [-0.39, 0.29) is 25.2 Å². The van der Waals surface area contributed by atoms with Crippen LogP contribution in [-0.4, -0.2) is 66.9 Å². The van der Waals surface area contributed by atoms with Crippen LogP contribution in [0.15, 0.2) is 18.2 Å². The summed E-state index contributed by atoms with van der Waals surface area (Å²) in [5, 5.41) is 0. The molecule has 1 fully saturated rings. The number of amides is 1. The van der Waals surface area contributed by atoms with Gasteiger partial charge in [-0.1, -0.05) is 12.1 Å². The highest BCUT2D eigenvalue weighted by Gasteiger charge is 2.19. The summed E-state index contributed by atoms with van der Waals surface area (Å²) in [7, 11) is 1.74. The smallest absolute Gasteiger partial charge is 0.248 e. The molecule has 0 spiro atoms. The number of carbonyl (C=O) groups is 1. The number of nitrogens with zero attached hydrogens (tertiary/aromatic N) is 2. The number of nitrogens with one attached hydrogen (secondary N) is 1. The number of rotatable bonds is 6. The Labute approximate surface area is 140 Å². The molecule has 1 atom stereocenters. The van der Waals surface area contributed by atoms with Crippen LogP contribution in [0, 0.1) is 6.92 Å². The molecule has 1 N–H and O–H groups in total. The number of imidazole rings is 1. The number of fused-ring (bicyclic) bond motifs is 1. The van der Waals surface area contributed by atoms with Gasteiger partial charge in [0.15, 0.2) is 0 Å². The van der Waals surface area contributed by atoms with Crippen molar-refractivity contribution in [3.63, 3.8) is 0 Å². The molecular formula is C17H23N3O4. The first-order chi connectivity index (χ1) is 11.6. The highest BCUT2D eigenvalue weighted by atomic mass is 16.6. The number of hydrogen-bond donors (Lipinski definition) is 1. The molecule has 2 heterocycles. The molecule has 0 bridgehead atoms. The average Bonchev–Trinajstić information content (AvgIpc) is 3.00. The Bertz CT molecular complexity index is 694. The van der Waals surface area contributed by atoms with E-state index < -0.39 is 0 Å². The lowest BCUT2D eigenvalue weighted by atomic mass is 10.2. The molecule has 0 unspecified atom stereocenters. The second-order valence-corrected chi connectivity index (χ2v) is 5.99. The molecule has 0 saturated carbocycles. The fourth-order valence-electron chi connectivity index (χ4n) is 2.69. The molecule has 0 radical (unpaired) electrons. The van der Waals surface area contributed by atoms with Gasteiger partial charge in [0.1, 0.15) is 19.0 Å². The summed E-state index contributed by atoms with van der Waals surface area (Å²) in [5.74, 6) is 0.634. The van der Waals surface area contributed by atoms with Crippen molar-refractivity contribution in [3.8, 4) is 0 Å². The molecule has 24 heavy (non-hydrogen) atoms. The van der Waals surface area contributed by atoms with Crippen LogP contribution in [-0.2, 0) is 25.6 Å². The summed E-state index contributed by atoms with van der Waals surface area (Å²) >= 11 is 0. The average molecular weight is 333 g/mol. The number of carbonyl (C=O) groups excluding carboxylic acids is 1. The Balaban J connectivity index is 1.46. The zero-order valence-electron chi connectivity index (χ0n) is 14.1. The number of aryl methyl sites for hydroxylation is 1. The molecule has 1 saturated heterocycles. The van der Waals surface area contributed by atoms with Crippen molar-refractivity contribution in [2.75, 3.05) is 40.0 Å². The van der Waals surface area contributed by atoms with Crippen molar-refractivity contribution in [1.29, 1.82) is 0 Å². The molecule has 7 heteroatoms. The lowest BCUT2D eigenvalue weighted by molar-refractivity contribution is -0.141. The van der Waals surface area contributed by atoms with Crippen LogP contribution in [0.3, 0.4) is 0 Å². The Hall–Kier alpha value is -1.96. The van der Waals surface area contributed by atoms with E-state index in [1.165, 1.54) is 0 Å². The number of likely N-dealkylation sites (N-methyl/N-ethyl adjacent to an activating group) is 1. The van der Waals surface area contributed by atoms with Crippen molar-refractivity contribution < 1.29 is 19.0 Å². The van der Waals surface area contributed by atoms with E-state index in [0.717, 1.165) is 22.4 Å². The van der Waals surface area contributed by atoms with E-state index in [2.05, 4.69) is 9.97 Å². The van der Waals surface area contributed by atoms with E-state index >= 15 is 0 Å². The predicted octanol–water partition coefficient (Wildman–Crippen LogP) is 1.26. The molecule has 1 amide bonds. The lowest BCUT2D eigenvalue weighted by Crippen LogP contribution is -2.42. The summed E-state index contributed by atoms with van der Waals surface area (Å²) in [4.78, 5) is 21.4. The first-order valence-electron chi connectivity index (χ1n) is 8.09. The molecule has 1 aliphatic heterocycles. The van der Waals surface area contributed by atoms with Gasteiger partial charge in [-0.25, -0.2) is 4.98 Å². The highest BCUT2D eigenvalue weighted by Crippen LogP contribution is 2.15. The van der Waals surface area contributed by atoms with E-state index in [4.69, 9.17) is 14.2 Å². The predicted molar refractivity (Wildman–Crippen MR) is 88.7 cm³/mol. The van der Waals surface area contributed by atoms with Crippen LogP contribution in [0.25, 0.3) is 11.0 Å². The summed E-state index contributed by atoms with van der Waals surface area (Å²) < 4.78 is 16.4. The molecule has 130 valence electrons. The Kier molecular flexibility index (Phi) is 5.44. The maximum Gasteiger partial charge on any atom is 0.248 e. The maximum atomic E-state index is 12.1. The van der Waals surface area contributed by atoms with Gasteiger partial charge in [-0.2, -0.15) is 0 Å². The van der Waals surface area contributed by atoms with Crippen LogP contribution in [0.2, 0.25) is 0 Å². The third-order valence-corrected chi connectivity index (χ3v) is 4.02. The Morgan fingerprint density at radius 3 is 3.08 bits per heavy atom. The van der Waals surface area contributed by atoms with Crippen molar-refractivity contribution in [2.24, 2.45) is 0 Å². The van der Waals surface area contributed by atoms with Crippen LogP contribution in [0.5, 0.6) is 0 Å². The fourth-order valence-corrected chi connectivity index (χ4v) is 2.69. The number of aromatic nitrogens is 2. The third-order valence-electron chi connectivity index (χ3n) is 4.02. The van der Waals surface area contributed by atoms with Crippen molar-refractivity contribution in [3.05, 3.63) is 29.6 Å². The van der Waals surface area contributed by atoms with Gasteiger partial charge in [0.2, 0.25) is 5.91 Å². The van der Waals surface area contributed by atoms with Gasteiger partial charge < -0.3 is 24.1 Å².